The van der Waals surface area contributed by atoms with Gasteiger partial charge in [0.1, 0.15) is 57.6 Å². The number of anilines is 6. The SMILES string of the molecule is CC(=O)Nc1cc(C)ccc1O.CC(=O)Nc1cc(O)c(Cl)cc1Cl.CC(=O)Nc1ccc(O)cc1.CC(=O)Nc1cccc(O)c1.CC(=O)Nc1ccccc1O.COc1cc(CC(C)=O)ccc1O.N#Cc1ccc2cc(O)ccc2c1.O=C1Cc2c(O)cccc2N1.O=C1Cc2ccc(O)cc2C1. The Balaban J connectivity index is 0.000000252. The molecule has 27 heteroatoms. The van der Waals surface area contributed by atoms with Crippen LogP contribution in [0, 0.1) is 18.3 Å². The lowest BCUT2D eigenvalue weighted by atomic mass is 10.1. The highest BCUT2D eigenvalue weighted by Crippen LogP contribution is 2.34. The number of benzene rings is 10. The Bertz CT molecular complexity index is 4800. The topological polar surface area (TPSA) is 424 Å². The van der Waals surface area contributed by atoms with E-state index in [1.807, 2.05) is 19.1 Å². The first-order valence-corrected chi connectivity index (χ1v) is 32.5. The summed E-state index contributed by atoms with van der Waals surface area (Å²) in [4.78, 5) is 85.5. The zero-order valence-corrected chi connectivity index (χ0v) is 60.2. The number of hydrogen-bond donors (Lipinski definition) is 15. The molecule has 106 heavy (non-hydrogen) atoms. The molecule has 552 valence electrons. The lowest BCUT2D eigenvalue weighted by molar-refractivity contribution is -0.117. The number of ketones is 2. The molecule has 0 bridgehead atoms. The highest BCUT2D eigenvalue weighted by atomic mass is 35.5. The van der Waals surface area contributed by atoms with Gasteiger partial charge in [-0.25, -0.2) is 0 Å². The first kappa shape index (κ1) is 85.1. The van der Waals surface area contributed by atoms with Gasteiger partial charge in [0.2, 0.25) is 35.4 Å². The number of hydrogen-bond acceptors (Lipinski definition) is 19. The summed E-state index contributed by atoms with van der Waals surface area (Å²) < 4.78 is 4.91. The number of nitrogens with one attached hydrogen (secondary N) is 6. The summed E-state index contributed by atoms with van der Waals surface area (Å²) in [5, 5.41) is 108. The van der Waals surface area contributed by atoms with Crippen LogP contribution in [0.1, 0.15) is 74.9 Å². The van der Waals surface area contributed by atoms with Crippen molar-refractivity contribution in [2.24, 2.45) is 0 Å². The molecule has 1 aliphatic carbocycles. The van der Waals surface area contributed by atoms with Gasteiger partial charge in [-0.15, -0.1) is 0 Å². The van der Waals surface area contributed by atoms with Gasteiger partial charge in [0.05, 0.1) is 52.3 Å². The summed E-state index contributed by atoms with van der Waals surface area (Å²) in [6, 6.07) is 54.6. The van der Waals surface area contributed by atoms with Gasteiger partial charge in [0.25, 0.3) is 0 Å². The van der Waals surface area contributed by atoms with Crippen molar-refractivity contribution < 1.29 is 89.1 Å². The van der Waals surface area contributed by atoms with E-state index >= 15 is 0 Å². The van der Waals surface area contributed by atoms with Crippen LogP contribution in [0.15, 0.2) is 194 Å². The van der Waals surface area contributed by atoms with Gasteiger partial charge < -0.3 is 82.6 Å². The number of halogens is 2. The fraction of sp³-hybridized carbons (Fsp3) is 0.152. The minimum atomic E-state index is -0.261. The predicted molar refractivity (Wildman–Crippen MR) is 407 cm³/mol. The quantitative estimate of drug-likeness (QED) is 0.0496. The zero-order valence-electron chi connectivity index (χ0n) is 58.7. The Morgan fingerprint density at radius 1 is 0.453 bits per heavy atom. The minimum absolute atomic E-state index is 0.0542. The number of carbonyl (C=O) groups is 8. The van der Waals surface area contributed by atoms with Crippen LogP contribution in [0.2, 0.25) is 10.0 Å². The second-order valence-electron chi connectivity index (χ2n) is 22.9. The fourth-order valence-corrected chi connectivity index (χ4v) is 9.59. The van der Waals surface area contributed by atoms with Gasteiger partial charge in [-0.1, -0.05) is 77.8 Å². The number of carbonyl (C=O) groups excluding carboxylic acids is 8. The number of amides is 6. The number of phenolic OH excluding ortho intramolecular Hbond substituents is 9. The van der Waals surface area contributed by atoms with Crippen LogP contribution in [0.25, 0.3) is 10.8 Å². The molecule has 25 nitrogen and oxygen atoms in total. The smallest absolute Gasteiger partial charge is 0.229 e. The number of phenols is 9. The van der Waals surface area contributed by atoms with Gasteiger partial charge in [0, 0.05) is 88.6 Å². The number of ether oxygens (including phenoxy) is 1. The van der Waals surface area contributed by atoms with Crippen molar-refractivity contribution in [2.75, 3.05) is 39.0 Å². The van der Waals surface area contributed by atoms with Crippen molar-refractivity contribution in [3.05, 3.63) is 238 Å². The molecule has 0 spiro atoms. The third-order valence-electron chi connectivity index (χ3n) is 13.8. The Labute approximate surface area is 620 Å². The van der Waals surface area contributed by atoms with E-state index in [9.17, 15) is 63.9 Å². The Hall–Kier alpha value is -13.3. The lowest BCUT2D eigenvalue weighted by Gasteiger charge is -2.06. The summed E-state index contributed by atoms with van der Waals surface area (Å²) in [5.41, 5.74) is 8.51. The van der Waals surface area contributed by atoms with Crippen LogP contribution >= 0.6 is 23.2 Å². The van der Waals surface area contributed by atoms with Crippen molar-refractivity contribution in [3.8, 4) is 63.6 Å². The number of nitrogens with zero attached hydrogens (tertiary/aromatic N) is 1. The molecule has 0 radical (unpaired) electrons. The van der Waals surface area contributed by atoms with Crippen molar-refractivity contribution in [3.63, 3.8) is 0 Å². The van der Waals surface area contributed by atoms with E-state index in [-0.39, 0.29) is 109 Å². The molecule has 1 heterocycles. The van der Waals surface area contributed by atoms with E-state index in [2.05, 4.69) is 38.0 Å². The maximum atomic E-state index is 10.9. The predicted octanol–water partition coefficient (Wildman–Crippen LogP) is 14.3. The van der Waals surface area contributed by atoms with Gasteiger partial charge in [-0.2, -0.15) is 5.26 Å². The summed E-state index contributed by atoms with van der Waals surface area (Å²) in [7, 11) is 1.48. The maximum Gasteiger partial charge on any atom is 0.229 e. The molecule has 0 saturated carbocycles. The number of aryl methyl sites for hydroxylation is 1. The number of rotatable bonds is 8. The van der Waals surface area contributed by atoms with Crippen molar-refractivity contribution in [1.29, 1.82) is 5.26 Å². The van der Waals surface area contributed by atoms with Crippen molar-refractivity contribution in [1.82, 2.24) is 0 Å². The molecule has 0 unspecified atom stereocenters. The number of Topliss-reactive ketones (excluding diaryl/α,β-unsaturated/α-hetero) is 2. The maximum absolute atomic E-state index is 10.9. The molecule has 15 N–H and O–H groups in total. The molecule has 0 saturated heterocycles. The standard InChI is InChI=1S/C11H7NO.C10H12O3.C9H11NO2.C9H8O2.C8H7Cl2NO2.C8H7NO2.3C8H9NO2/c12-7-8-1-2-10-6-11(13)4-3-9(10)5-8;1-7(11)5-8-3-4-9(12)10(6-8)13-2;1-6-3-4-9(12)8(5-6)10-7(2)11;10-8-2-1-6-3-9(11)5-7(6)4-8;1-4(12)11-7-3-8(13)6(10)2-5(7)9;10-7-3-1-2-6-5(7)4-8(11)9-6;1-6(10)9-7-2-4-8(11)5-3-7;1-6(10)9-7-3-2-4-8(11)5-7;1-6(10)9-7-4-2-3-5-8(7)11/h1-6,13H;3-4,6,12H,5H2,1-2H3;3-5,12H,1-2H3,(H,10,11);1-2,4,10H,3,5H2;2-3,13H,1H3,(H,11,12);1-3,10H,4H2,(H,9,11);3*2-5,11H,1H3,(H,9,10). The van der Waals surface area contributed by atoms with Crippen LogP contribution in [-0.4, -0.2) is 100 Å². The molecular formula is C79H79Cl2N7O18. The van der Waals surface area contributed by atoms with Gasteiger partial charge in [-0.05, 0) is 174 Å². The molecule has 0 aromatic heterocycles. The molecule has 10 aromatic rings. The largest absolute Gasteiger partial charge is 0.508 e. The van der Waals surface area contributed by atoms with E-state index in [1.165, 1.54) is 91.1 Å². The third kappa shape index (κ3) is 31.3. The minimum Gasteiger partial charge on any atom is -0.508 e. The first-order valence-electron chi connectivity index (χ1n) is 31.7. The highest BCUT2D eigenvalue weighted by Gasteiger charge is 2.20. The Morgan fingerprint density at radius 3 is 1.60 bits per heavy atom. The van der Waals surface area contributed by atoms with Crippen molar-refractivity contribution >= 4 is 115 Å². The fourth-order valence-electron chi connectivity index (χ4n) is 9.16. The zero-order chi connectivity index (χ0) is 78.7. The number of fused-ring (bicyclic) bond motifs is 3. The molecule has 6 amide bonds. The monoisotopic (exact) mass is 1480 g/mol. The van der Waals surface area contributed by atoms with Gasteiger partial charge >= 0.3 is 0 Å². The summed E-state index contributed by atoms with van der Waals surface area (Å²) in [5.74, 6) is 0.978. The van der Waals surface area contributed by atoms with Crippen LogP contribution in [0.3, 0.4) is 0 Å². The Morgan fingerprint density at radius 2 is 0.991 bits per heavy atom. The average molecular weight is 1490 g/mol. The van der Waals surface area contributed by atoms with Gasteiger partial charge in [0.15, 0.2) is 11.5 Å². The molecular weight excluding hydrogens is 1410 g/mol. The number of methoxy groups -OCH3 is 1. The van der Waals surface area contributed by atoms with E-state index in [4.69, 9.17) is 53.6 Å². The number of aromatic hydroxyl groups is 9. The summed E-state index contributed by atoms with van der Waals surface area (Å²) in [6.07, 6.45) is 1.69. The first-order chi connectivity index (χ1) is 50.1. The Kier molecular flexibility index (Phi) is 34.4. The average Bonchev–Trinajstić information content (AvgIpc) is 1.77. The van der Waals surface area contributed by atoms with Crippen LogP contribution in [0.5, 0.6) is 57.5 Å². The highest BCUT2D eigenvalue weighted by molar-refractivity contribution is 6.37. The second kappa shape index (κ2) is 42.8. The van der Waals surface area contributed by atoms with Gasteiger partial charge in [-0.3, -0.25) is 38.4 Å². The molecule has 2 aliphatic rings. The second-order valence-corrected chi connectivity index (χ2v) is 23.8. The van der Waals surface area contributed by atoms with E-state index < -0.39 is 0 Å². The van der Waals surface area contributed by atoms with Crippen LogP contribution in [-0.2, 0) is 64.0 Å². The molecule has 0 atom stereocenters. The molecule has 10 aromatic carbocycles. The van der Waals surface area contributed by atoms with Crippen LogP contribution in [0.4, 0.5) is 34.1 Å². The number of nitriles is 1. The van der Waals surface area contributed by atoms with E-state index in [1.54, 1.807) is 140 Å². The normalized spacial score (nSPS) is 10.6. The number of para-hydroxylation sites is 2. The lowest BCUT2D eigenvalue weighted by Crippen LogP contribution is -2.05. The van der Waals surface area contributed by atoms with Crippen LogP contribution < -0.4 is 36.6 Å². The summed E-state index contributed by atoms with van der Waals surface area (Å²) >= 11 is 11.3. The molecule has 0 fully saturated rings. The van der Waals surface area contributed by atoms with E-state index in [0.29, 0.717) is 71.0 Å². The van der Waals surface area contributed by atoms with Crippen molar-refractivity contribution in [2.45, 2.75) is 74.1 Å². The molecule has 12 rings (SSSR count). The summed E-state index contributed by atoms with van der Waals surface area (Å²) in [6.45, 7) is 10.4. The third-order valence-corrected chi connectivity index (χ3v) is 14.4. The molecule has 1 aliphatic heterocycles. The van der Waals surface area contributed by atoms with E-state index in [0.717, 1.165) is 38.7 Å².